The molecule has 1 aliphatic rings. The van der Waals surface area contributed by atoms with E-state index >= 15 is 0 Å². The molecule has 0 radical (unpaired) electrons. The van der Waals surface area contributed by atoms with Crippen molar-refractivity contribution in [3.63, 3.8) is 0 Å². The number of allylic oxidation sites excluding steroid dienone is 1. The summed E-state index contributed by atoms with van der Waals surface area (Å²) in [5.41, 5.74) is 2.02. The molecule has 0 bridgehead atoms. The highest BCUT2D eigenvalue weighted by Gasteiger charge is 2.18. The lowest BCUT2D eigenvalue weighted by Crippen LogP contribution is -2.50. The second kappa shape index (κ2) is 6.57. The smallest absolute Gasteiger partial charge is 0.246 e. The fourth-order valence-corrected chi connectivity index (χ4v) is 2.35. The van der Waals surface area contributed by atoms with Crippen LogP contribution in [-0.2, 0) is 4.79 Å². The van der Waals surface area contributed by atoms with Crippen molar-refractivity contribution in [1.82, 2.24) is 10.2 Å². The van der Waals surface area contributed by atoms with Crippen molar-refractivity contribution in [3.05, 3.63) is 35.9 Å². The molecule has 1 fully saturated rings. The third-order valence-corrected chi connectivity index (χ3v) is 3.57. The lowest BCUT2D eigenvalue weighted by atomic mass is 10.1. The molecule has 4 heteroatoms. The predicted molar refractivity (Wildman–Crippen MR) is 80.7 cm³/mol. The maximum absolute atomic E-state index is 12.2. The van der Waals surface area contributed by atoms with Gasteiger partial charge in [0.05, 0.1) is 7.11 Å². The summed E-state index contributed by atoms with van der Waals surface area (Å²) in [5, 5.41) is 3.34. The van der Waals surface area contributed by atoms with Gasteiger partial charge in [0.1, 0.15) is 5.75 Å². The van der Waals surface area contributed by atoms with E-state index in [-0.39, 0.29) is 5.91 Å². The topological polar surface area (TPSA) is 41.6 Å². The second-order valence-corrected chi connectivity index (χ2v) is 5.20. The molecule has 0 spiro atoms. The van der Waals surface area contributed by atoms with Gasteiger partial charge < -0.3 is 15.0 Å². The lowest BCUT2D eigenvalue weighted by molar-refractivity contribution is -0.127. The number of nitrogens with zero attached hydrogens (tertiary/aromatic N) is 1. The minimum Gasteiger partial charge on any atom is -0.497 e. The summed E-state index contributed by atoms with van der Waals surface area (Å²) in [6.45, 7) is 6.47. The molecule has 108 valence electrons. The van der Waals surface area contributed by atoms with Gasteiger partial charge in [-0.1, -0.05) is 12.1 Å². The highest BCUT2D eigenvalue weighted by Crippen LogP contribution is 2.18. The number of carbonyl (C=O) groups is 1. The van der Waals surface area contributed by atoms with Crippen molar-refractivity contribution in [2.24, 2.45) is 0 Å². The van der Waals surface area contributed by atoms with Crippen LogP contribution in [0, 0.1) is 0 Å². The Morgan fingerprint density at radius 1 is 1.40 bits per heavy atom. The van der Waals surface area contributed by atoms with Crippen LogP contribution in [-0.4, -0.2) is 43.6 Å². The predicted octanol–water partition coefficient (Wildman–Crippen LogP) is 1.92. The summed E-state index contributed by atoms with van der Waals surface area (Å²) >= 11 is 0. The van der Waals surface area contributed by atoms with Gasteiger partial charge in [-0.3, -0.25) is 4.79 Å². The summed E-state index contributed by atoms with van der Waals surface area (Å²) in [5.74, 6) is 0.912. The maximum atomic E-state index is 12.2. The molecule has 0 aliphatic carbocycles. The zero-order valence-corrected chi connectivity index (χ0v) is 12.3. The molecule has 4 nitrogen and oxygen atoms in total. The van der Waals surface area contributed by atoms with Gasteiger partial charge in [-0.25, -0.2) is 0 Å². The average Bonchev–Trinajstić information content (AvgIpc) is 2.47. The summed E-state index contributed by atoms with van der Waals surface area (Å²) in [7, 11) is 1.65. The Bertz CT molecular complexity index is 494. The standard InChI is InChI=1S/C16H22N2O2/c1-12(14-4-6-15(20-3)7-5-14)10-16(19)18-9-8-17-13(2)11-18/h4-7,10,13,17H,8-9,11H2,1-3H3/b12-10+. The first-order chi connectivity index (χ1) is 9.60. The van der Waals surface area contributed by atoms with Crippen LogP contribution >= 0.6 is 0 Å². The molecule has 1 aliphatic heterocycles. The molecular weight excluding hydrogens is 252 g/mol. The van der Waals surface area contributed by atoms with Gasteiger partial charge >= 0.3 is 0 Å². The number of hydrogen-bond donors (Lipinski definition) is 1. The van der Waals surface area contributed by atoms with E-state index in [1.165, 1.54) is 0 Å². The Morgan fingerprint density at radius 2 is 2.10 bits per heavy atom. The van der Waals surface area contributed by atoms with Crippen LogP contribution in [0.25, 0.3) is 5.57 Å². The van der Waals surface area contributed by atoms with Gasteiger partial charge in [0.15, 0.2) is 0 Å². The number of hydrogen-bond acceptors (Lipinski definition) is 3. The van der Waals surface area contributed by atoms with Crippen LogP contribution in [0.1, 0.15) is 19.4 Å². The van der Waals surface area contributed by atoms with Gasteiger partial charge in [0.2, 0.25) is 5.91 Å². The van der Waals surface area contributed by atoms with Crippen molar-refractivity contribution in [1.29, 1.82) is 0 Å². The van der Waals surface area contributed by atoms with Gasteiger partial charge in [-0.05, 0) is 37.1 Å². The molecule has 0 aromatic heterocycles. The molecule has 20 heavy (non-hydrogen) atoms. The van der Waals surface area contributed by atoms with Gasteiger partial charge in [-0.2, -0.15) is 0 Å². The Labute approximate surface area is 120 Å². The average molecular weight is 274 g/mol. The minimum atomic E-state index is 0.0895. The molecule has 0 saturated carbocycles. The van der Waals surface area contributed by atoms with Crippen molar-refractivity contribution >= 4 is 11.5 Å². The highest BCUT2D eigenvalue weighted by molar-refractivity contribution is 5.95. The quantitative estimate of drug-likeness (QED) is 0.856. The van der Waals surface area contributed by atoms with E-state index in [9.17, 15) is 4.79 Å². The van der Waals surface area contributed by atoms with E-state index < -0.39 is 0 Å². The first kappa shape index (κ1) is 14.6. The van der Waals surface area contributed by atoms with E-state index in [0.717, 1.165) is 36.5 Å². The zero-order valence-electron chi connectivity index (χ0n) is 12.3. The lowest BCUT2D eigenvalue weighted by Gasteiger charge is -2.31. The minimum absolute atomic E-state index is 0.0895. The molecule has 1 unspecified atom stereocenters. The van der Waals surface area contributed by atoms with Crippen LogP contribution in [0.4, 0.5) is 0 Å². The van der Waals surface area contributed by atoms with E-state index in [2.05, 4.69) is 12.2 Å². The summed E-state index contributed by atoms with van der Waals surface area (Å²) in [6, 6.07) is 8.12. The number of amides is 1. The van der Waals surface area contributed by atoms with Crippen molar-refractivity contribution < 1.29 is 9.53 Å². The number of nitrogens with one attached hydrogen (secondary N) is 1. The molecule has 1 aromatic rings. The van der Waals surface area contributed by atoms with Gasteiger partial charge in [0, 0.05) is 31.8 Å². The number of carbonyl (C=O) groups excluding carboxylic acids is 1. The molecule has 1 saturated heterocycles. The Morgan fingerprint density at radius 3 is 2.70 bits per heavy atom. The molecular formula is C16H22N2O2. The first-order valence-electron chi connectivity index (χ1n) is 6.95. The normalized spacial score (nSPS) is 19.9. The monoisotopic (exact) mass is 274 g/mol. The van der Waals surface area contributed by atoms with Crippen LogP contribution in [0.2, 0.25) is 0 Å². The number of piperazine rings is 1. The van der Waals surface area contributed by atoms with Crippen LogP contribution in [0.5, 0.6) is 5.75 Å². The molecule has 1 heterocycles. The Hall–Kier alpha value is -1.81. The van der Waals surface area contributed by atoms with Crippen molar-refractivity contribution in [2.45, 2.75) is 19.9 Å². The van der Waals surface area contributed by atoms with Crippen molar-refractivity contribution in [2.75, 3.05) is 26.7 Å². The fraction of sp³-hybridized carbons (Fsp3) is 0.438. The number of benzene rings is 1. The van der Waals surface area contributed by atoms with E-state index in [0.29, 0.717) is 6.04 Å². The van der Waals surface area contributed by atoms with Gasteiger partial charge in [-0.15, -0.1) is 0 Å². The van der Waals surface area contributed by atoms with E-state index in [4.69, 9.17) is 4.74 Å². The van der Waals surface area contributed by atoms with E-state index in [1.807, 2.05) is 36.1 Å². The van der Waals surface area contributed by atoms with Crippen LogP contribution in [0.15, 0.2) is 30.3 Å². The van der Waals surface area contributed by atoms with Crippen molar-refractivity contribution in [3.8, 4) is 5.75 Å². The molecule has 1 aromatic carbocycles. The third-order valence-electron chi connectivity index (χ3n) is 3.57. The largest absolute Gasteiger partial charge is 0.497 e. The number of methoxy groups -OCH3 is 1. The summed E-state index contributed by atoms with van der Waals surface area (Å²) in [6.07, 6.45) is 1.72. The Kier molecular flexibility index (Phi) is 4.79. The van der Waals surface area contributed by atoms with Crippen LogP contribution in [0.3, 0.4) is 0 Å². The molecule has 1 atom stereocenters. The number of ether oxygens (including phenoxy) is 1. The zero-order chi connectivity index (χ0) is 14.5. The van der Waals surface area contributed by atoms with E-state index in [1.54, 1.807) is 13.2 Å². The highest BCUT2D eigenvalue weighted by atomic mass is 16.5. The molecule has 2 rings (SSSR count). The molecule has 1 N–H and O–H groups in total. The van der Waals surface area contributed by atoms with Crippen LogP contribution < -0.4 is 10.1 Å². The maximum Gasteiger partial charge on any atom is 0.246 e. The fourth-order valence-electron chi connectivity index (χ4n) is 2.35. The summed E-state index contributed by atoms with van der Waals surface area (Å²) < 4.78 is 5.14. The number of rotatable bonds is 3. The second-order valence-electron chi connectivity index (χ2n) is 5.20. The summed E-state index contributed by atoms with van der Waals surface area (Å²) in [4.78, 5) is 14.1. The SMILES string of the molecule is COc1ccc(/C(C)=C/C(=O)N2CCNC(C)C2)cc1. The molecule has 1 amide bonds. The first-order valence-corrected chi connectivity index (χ1v) is 6.95. The van der Waals surface area contributed by atoms with Gasteiger partial charge in [0.25, 0.3) is 0 Å². The third kappa shape index (κ3) is 3.61. The Balaban J connectivity index is 2.06.